The third-order valence-electron chi connectivity index (χ3n) is 3.05. The monoisotopic (exact) mass is 209 g/mol. The van der Waals surface area contributed by atoms with Crippen LogP contribution in [0.5, 0.6) is 0 Å². The second kappa shape index (κ2) is 11.6. The largest absolute Gasteiger partial charge is 0.198 e. The number of nitrogens with zero attached hydrogens (tertiary/aromatic N) is 1. The van der Waals surface area contributed by atoms with Gasteiger partial charge in [-0.15, -0.1) is 0 Å². The quantitative estimate of drug-likeness (QED) is 0.461. The molecule has 1 unspecified atom stereocenters. The minimum absolute atomic E-state index is 0.734. The Balaban J connectivity index is 3.06. The maximum absolute atomic E-state index is 8.46. The maximum Gasteiger partial charge on any atom is 0.0621 e. The second-order valence-electron chi connectivity index (χ2n) is 4.71. The third-order valence-corrected chi connectivity index (χ3v) is 3.05. The fourth-order valence-corrected chi connectivity index (χ4v) is 1.91. The molecule has 0 saturated heterocycles. The van der Waals surface area contributed by atoms with Gasteiger partial charge in [0.1, 0.15) is 0 Å². The molecule has 0 aliphatic heterocycles. The first-order chi connectivity index (χ1) is 7.31. The fourth-order valence-electron chi connectivity index (χ4n) is 1.91. The summed E-state index contributed by atoms with van der Waals surface area (Å²) in [6, 6.07) is 2.22. The Labute approximate surface area is 95.9 Å². The molecule has 0 spiro atoms. The summed E-state index contributed by atoms with van der Waals surface area (Å²) in [6.07, 6.45) is 12.9. The molecule has 15 heavy (non-hydrogen) atoms. The fraction of sp³-hybridized carbons (Fsp3) is 0.929. The summed E-state index contributed by atoms with van der Waals surface area (Å²) in [5.41, 5.74) is 0. The Morgan fingerprint density at radius 1 is 0.933 bits per heavy atom. The van der Waals surface area contributed by atoms with E-state index in [-0.39, 0.29) is 0 Å². The second-order valence-corrected chi connectivity index (χ2v) is 4.71. The number of hydrogen-bond donors (Lipinski definition) is 0. The van der Waals surface area contributed by atoms with Crippen molar-refractivity contribution in [2.75, 3.05) is 0 Å². The molecule has 1 atom stereocenters. The summed E-state index contributed by atoms with van der Waals surface area (Å²) < 4.78 is 0. The molecule has 1 heteroatoms. The SMILES string of the molecule is CCCCCCCCCC(C)CCC#N. The summed E-state index contributed by atoms with van der Waals surface area (Å²) in [5, 5.41) is 8.46. The van der Waals surface area contributed by atoms with Gasteiger partial charge in [-0.05, 0) is 12.3 Å². The Kier molecular flexibility index (Phi) is 11.2. The van der Waals surface area contributed by atoms with E-state index in [2.05, 4.69) is 19.9 Å². The van der Waals surface area contributed by atoms with Gasteiger partial charge in [0.2, 0.25) is 0 Å². The van der Waals surface area contributed by atoms with Gasteiger partial charge in [0.05, 0.1) is 6.07 Å². The minimum Gasteiger partial charge on any atom is -0.198 e. The molecule has 0 radical (unpaired) electrons. The molecule has 0 amide bonds. The predicted octanol–water partition coefficient (Wildman–Crippen LogP) is 5.07. The highest BCUT2D eigenvalue weighted by Gasteiger charge is 2.00. The molecule has 0 aromatic heterocycles. The first kappa shape index (κ1) is 14.5. The van der Waals surface area contributed by atoms with Crippen LogP contribution < -0.4 is 0 Å². The Morgan fingerprint density at radius 2 is 1.53 bits per heavy atom. The molecule has 88 valence electrons. The van der Waals surface area contributed by atoms with Crippen LogP contribution in [0.15, 0.2) is 0 Å². The van der Waals surface area contributed by atoms with Crippen LogP contribution in [0.3, 0.4) is 0 Å². The van der Waals surface area contributed by atoms with Crippen molar-refractivity contribution >= 4 is 0 Å². The van der Waals surface area contributed by atoms with E-state index in [4.69, 9.17) is 5.26 Å². The zero-order valence-electron chi connectivity index (χ0n) is 10.6. The average Bonchev–Trinajstić information content (AvgIpc) is 2.25. The standard InChI is InChI=1S/C14H27N/c1-3-4-5-6-7-8-9-11-14(2)12-10-13-15/h14H,3-12H2,1-2H3. The Morgan fingerprint density at radius 3 is 2.13 bits per heavy atom. The number of rotatable bonds is 10. The summed E-state index contributed by atoms with van der Waals surface area (Å²) in [6.45, 7) is 4.53. The lowest BCUT2D eigenvalue weighted by Gasteiger charge is -2.08. The van der Waals surface area contributed by atoms with E-state index in [1.807, 2.05) is 0 Å². The zero-order valence-corrected chi connectivity index (χ0v) is 10.6. The lowest BCUT2D eigenvalue weighted by atomic mass is 9.98. The highest BCUT2D eigenvalue weighted by molar-refractivity contribution is 4.70. The molecule has 0 aliphatic rings. The van der Waals surface area contributed by atoms with Gasteiger partial charge in [0, 0.05) is 6.42 Å². The van der Waals surface area contributed by atoms with Crippen molar-refractivity contribution in [1.29, 1.82) is 5.26 Å². The van der Waals surface area contributed by atoms with E-state index in [0.29, 0.717) is 0 Å². The highest BCUT2D eigenvalue weighted by atomic mass is 14.2. The third kappa shape index (κ3) is 11.4. The van der Waals surface area contributed by atoms with Crippen LogP contribution >= 0.6 is 0 Å². The summed E-state index contributed by atoms with van der Waals surface area (Å²) in [4.78, 5) is 0. The number of hydrogen-bond acceptors (Lipinski definition) is 1. The van der Waals surface area contributed by atoms with Crippen molar-refractivity contribution in [3.8, 4) is 6.07 Å². The molecule has 0 saturated carbocycles. The van der Waals surface area contributed by atoms with Crippen molar-refractivity contribution < 1.29 is 0 Å². The first-order valence-electron chi connectivity index (χ1n) is 6.68. The van der Waals surface area contributed by atoms with Gasteiger partial charge in [-0.3, -0.25) is 0 Å². The van der Waals surface area contributed by atoms with Gasteiger partial charge >= 0.3 is 0 Å². The number of nitriles is 1. The first-order valence-corrected chi connectivity index (χ1v) is 6.68. The van der Waals surface area contributed by atoms with E-state index < -0.39 is 0 Å². The average molecular weight is 209 g/mol. The van der Waals surface area contributed by atoms with E-state index in [0.717, 1.165) is 18.8 Å². The summed E-state index contributed by atoms with van der Waals surface area (Å²) in [5.74, 6) is 0.750. The van der Waals surface area contributed by atoms with E-state index in [1.165, 1.54) is 51.4 Å². The van der Waals surface area contributed by atoms with Crippen LogP contribution in [-0.4, -0.2) is 0 Å². The van der Waals surface area contributed by atoms with Crippen molar-refractivity contribution in [2.45, 2.75) is 78.1 Å². The van der Waals surface area contributed by atoms with Gasteiger partial charge in [0.25, 0.3) is 0 Å². The van der Waals surface area contributed by atoms with Gasteiger partial charge in [-0.1, -0.05) is 65.2 Å². The predicted molar refractivity (Wildman–Crippen MR) is 66.6 cm³/mol. The molecule has 0 rings (SSSR count). The lowest BCUT2D eigenvalue weighted by molar-refractivity contribution is 0.459. The van der Waals surface area contributed by atoms with Crippen LogP contribution in [-0.2, 0) is 0 Å². The zero-order chi connectivity index (χ0) is 11.4. The smallest absolute Gasteiger partial charge is 0.0621 e. The molecule has 0 fully saturated rings. The topological polar surface area (TPSA) is 23.8 Å². The summed E-state index contributed by atoms with van der Waals surface area (Å²) in [7, 11) is 0. The molecule has 0 heterocycles. The van der Waals surface area contributed by atoms with Gasteiger partial charge in [0.15, 0.2) is 0 Å². The minimum atomic E-state index is 0.734. The molecular formula is C14H27N. The Hall–Kier alpha value is -0.510. The maximum atomic E-state index is 8.46. The van der Waals surface area contributed by atoms with Crippen LogP contribution in [0.1, 0.15) is 78.1 Å². The van der Waals surface area contributed by atoms with Crippen LogP contribution in [0.25, 0.3) is 0 Å². The molecule has 0 aromatic carbocycles. The Bertz CT molecular complexity index is 157. The van der Waals surface area contributed by atoms with Crippen molar-refractivity contribution in [3.63, 3.8) is 0 Å². The summed E-state index contributed by atoms with van der Waals surface area (Å²) >= 11 is 0. The van der Waals surface area contributed by atoms with E-state index >= 15 is 0 Å². The van der Waals surface area contributed by atoms with Crippen molar-refractivity contribution in [3.05, 3.63) is 0 Å². The van der Waals surface area contributed by atoms with Gasteiger partial charge in [-0.25, -0.2) is 0 Å². The van der Waals surface area contributed by atoms with Crippen molar-refractivity contribution in [1.82, 2.24) is 0 Å². The van der Waals surface area contributed by atoms with Crippen molar-refractivity contribution in [2.24, 2.45) is 5.92 Å². The van der Waals surface area contributed by atoms with Gasteiger partial charge < -0.3 is 0 Å². The molecular weight excluding hydrogens is 182 g/mol. The normalized spacial score (nSPS) is 12.3. The molecule has 1 nitrogen and oxygen atoms in total. The number of unbranched alkanes of at least 4 members (excludes halogenated alkanes) is 6. The molecule has 0 aliphatic carbocycles. The van der Waals surface area contributed by atoms with E-state index in [1.54, 1.807) is 0 Å². The highest BCUT2D eigenvalue weighted by Crippen LogP contribution is 2.15. The van der Waals surface area contributed by atoms with E-state index in [9.17, 15) is 0 Å². The van der Waals surface area contributed by atoms with Gasteiger partial charge in [-0.2, -0.15) is 5.26 Å². The molecule has 0 aromatic rings. The van der Waals surface area contributed by atoms with Crippen LogP contribution in [0.2, 0.25) is 0 Å². The van der Waals surface area contributed by atoms with Crippen LogP contribution in [0, 0.1) is 17.2 Å². The molecule has 0 N–H and O–H groups in total. The lowest BCUT2D eigenvalue weighted by Crippen LogP contribution is -1.94. The molecule has 0 bridgehead atoms. The van der Waals surface area contributed by atoms with Crippen LogP contribution in [0.4, 0.5) is 0 Å².